The van der Waals surface area contributed by atoms with Crippen molar-refractivity contribution < 1.29 is 14.3 Å². The van der Waals surface area contributed by atoms with Crippen molar-refractivity contribution in [3.05, 3.63) is 51.7 Å². The Balaban J connectivity index is 1.91. The summed E-state index contributed by atoms with van der Waals surface area (Å²) >= 11 is 1.59. The van der Waals surface area contributed by atoms with E-state index in [9.17, 15) is 9.59 Å². The van der Waals surface area contributed by atoms with Gasteiger partial charge in [0.25, 0.3) is 0 Å². The molecule has 22 heavy (non-hydrogen) atoms. The van der Waals surface area contributed by atoms with Crippen molar-refractivity contribution in [2.75, 3.05) is 18.6 Å². The van der Waals surface area contributed by atoms with Gasteiger partial charge in [-0.15, -0.1) is 0 Å². The number of anilines is 1. The van der Waals surface area contributed by atoms with Crippen molar-refractivity contribution in [1.82, 2.24) is 0 Å². The van der Waals surface area contributed by atoms with Crippen molar-refractivity contribution >= 4 is 28.9 Å². The number of nitrogens with zero attached hydrogens (tertiary/aromatic N) is 1. The van der Waals surface area contributed by atoms with E-state index in [-0.39, 0.29) is 11.9 Å². The number of hydrogen-bond acceptors (Lipinski definition) is 4. The maximum absolute atomic E-state index is 12.6. The molecule has 1 aromatic carbocycles. The summed E-state index contributed by atoms with van der Waals surface area (Å²) in [5, 5.41) is 3.97. The molecular formula is C17H17NO3S. The standard InChI is InChI=1S/C17H17NO3S/c1-21-17(20)14-4-2-6-15-13(14)5-3-8-18(15)16(19)10-12-7-9-22-11-12/h2,4,6-7,9,11H,3,5,8,10H2,1H3. The Hall–Kier alpha value is -2.14. The number of esters is 1. The molecule has 1 aromatic heterocycles. The molecule has 0 atom stereocenters. The summed E-state index contributed by atoms with van der Waals surface area (Å²) in [6.45, 7) is 0.695. The first-order valence-electron chi connectivity index (χ1n) is 7.22. The second kappa shape index (κ2) is 6.32. The summed E-state index contributed by atoms with van der Waals surface area (Å²) in [6, 6.07) is 7.45. The number of methoxy groups -OCH3 is 1. The third-order valence-corrected chi connectivity index (χ3v) is 4.62. The molecule has 0 N–H and O–H groups in total. The first-order valence-corrected chi connectivity index (χ1v) is 8.16. The van der Waals surface area contributed by atoms with Gasteiger partial charge >= 0.3 is 5.97 Å². The Morgan fingerprint density at radius 3 is 2.91 bits per heavy atom. The van der Waals surface area contributed by atoms with Crippen LogP contribution in [0.3, 0.4) is 0 Å². The second-order valence-corrected chi connectivity index (χ2v) is 6.03. The van der Waals surface area contributed by atoms with Gasteiger partial charge in [0.15, 0.2) is 0 Å². The van der Waals surface area contributed by atoms with Crippen LogP contribution in [0.15, 0.2) is 35.0 Å². The van der Waals surface area contributed by atoms with Gasteiger partial charge in [0.2, 0.25) is 5.91 Å². The first-order chi connectivity index (χ1) is 10.7. The van der Waals surface area contributed by atoms with E-state index < -0.39 is 0 Å². The molecule has 1 amide bonds. The van der Waals surface area contributed by atoms with Crippen molar-refractivity contribution in [2.45, 2.75) is 19.3 Å². The molecule has 0 saturated heterocycles. The molecule has 0 saturated carbocycles. The zero-order chi connectivity index (χ0) is 15.5. The van der Waals surface area contributed by atoms with Gasteiger partial charge in [-0.25, -0.2) is 4.79 Å². The Kier molecular flexibility index (Phi) is 4.24. The lowest BCUT2D eigenvalue weighted by molar-refractivity contribution is -0.118. The van der Waals surface area contributed by atoms with Crippen LogP contribution in [0.2, 0.25) is 0 Å². The minimum atomic E-state index is -0.344. The molecule has 0 unspecified atom stereocenters. The van der Waals surface area contributed by atoms with E-state index in [0.717, 1.165) is 29.7 Å². The number of ether oxygens (including phenoxy) is 1. The summed E-state index contributed by atoms with van der Waals surface area (Å²) in [7, 11) is 1.38. The fourth-order valence-electron chi connectivity index (χ4n) is 2.85. The topological polar surface area (TPSA) is 46.6 Å². The maximum Gasteiger partial charge on any atom is 0.338 e. The highest BCUT2D eigenvalue weighted by atomic mass is 32.1. The van der Waals surface area contributed by atoms with Crippen LogP contribution >= 0.6 is 11.3 Å². The molecule has 114 valence electrons. The van der Waals surface area contributed by atoms with Crippen molar-refractivity contribution in [3.63, 3.8) is 0 Å². The summed E-state index contributed by atoms with van der Waals surface area (Å²) in [6.07, 6.45) is 2.05. The number of fused-ring (bicyclic) bond motifs is 1. The lowest BCUT2D eigenvalue weighted by Gasteiger charge is -2.30. The number of hydrogen-bond donors (Lipinski definition) is 0. The molecule has 3 rings (SSSR count). The fraction of sp³-hybridized carbons (Fsp3) is 0.294. The van der Waals surface area contributed by atoms with Crippen LogP contribution in [-0.4, -0.2) is 25.5 Å². The van der Waals surface area contributed by atoms with Crippen LogP contribution in [0.5, 0.6) is 0 Å². The van der Waals surface area contributed by atoms with Gasteiger partial charge in [0.1, 0.15) is 0 Å². The summed E-state index contributed by atoms with van der Waals surface area (Å²) < 4.78 is 4.84. The molecule has 0 radical (unpaired) electrons. The molecule has 0 fully saturated rings. The van der Waals surface area contributed by atoms with E-state index in [4.69, 9.17) is 4.74 Å². The molecule has 1 aliphatic heterocycles. The van der Waals surface area contributed by atoms with E-state index in [0.29, 0.717) is 18.5 Å². The van der Waals surface area contributed by atoms with Crippen LogP contribution < -0.4 is 4.90 Å². The van der Waals surface area contributed by atoms with Crippen LogP contribution in [0.25, 0.3) is 0 Å². The molecule has 5 heteroatoms. The Morgan fingerprint density at radius 1 is 1.32 bits per heavy atom. The number of carbonyl (C=O) groups excluding carboxylic acids is 2. The average Bonchev–Trinajstić information content (AvgIpc) is 3.05. The Morgan fingerprint density at radius 2 is 2.18 bits per heavy atom. The Bertz CT molecular complexity index is 694. The van der Waals surface area contributed by atoms with Crippen molar-refractivity contribution in [2.24, 2.45) is 0 Å². The maximum atomic E-state index is 12.6. The van der Waals surface area contributed by atoms with Crippen molar-refractivity contribution in [3.8, 4) is 0 Å². The molecule has 2 aromatic rings. The van der Waals surface area contributed by atoms with Crippen LogP contribution in [0, 0.1) is 0 Å². The number of amides is 1. The van der Waals surface area contributed by atoms with E-state index in [1.165, 1.54) is 7.11 Å². The number of thiophene rings is 1. The van der Waals surface area contributed by atoms with E-state index in [1.54, 1.807) is 28.4 Å². The molecule has 0 spiro atoms. The van der Waals surface area contributed by atoms with Gasteiger partial charge in [0, 0.05) is 12.2 Å². The van der Waals surface area contributed by atoms with Gasteiger partial charge < -0.3 is 9.64 Å². The monoisotopic (exact) mass is 315 g/mol. The lowest BCUT2D eigenvalue weighted by atomic mass is 9.96. The fourth-order valence-corrected chi connectivity index (χ4v) is 3.52. The first kappa shape index (κ1) is 14.8. The predicted octanol–water partition coefficient (Wildman–Crippen LogP) is 3.06. The highest BCUT2D eigenvalue weighted by Gasteiger charge is 2.26. The average molecular weight is 315 g/mol. The van der Waals surface area contributed by atoms with Crippen LogP contribution in [0.4, 0.5) is 5.69 Å². The molecular weight excluding hydrogens is 298 g/mol. The van der Waals surface area contributed by atoms with E-state index in [1.807, 2.05) is 22.9 Å². The summed E-state index contributed by atoms with van der Waals surface area (Å²) in [5.41, 5.74) is 3.35. The third kappa shape index (κ3) is 2.76. The molecule has 0 bridgehead atoms. The van der Waals surface area contributed by atoms with E-state index >= 15 is 0 Å². The molecule has 0 aliphatic carbocycles. The largest absolute Gasteiger partial charge is 0.465 e. The van der Waals surface area contributed by atoms with Crippen LogP contribution in [-0.2, 0) is 22.4 Å². The summed E-state index contributed by atoms with van der Waals surface area (Å²) in [5.74, 6) is -0.273. The summed E-state index contributed by atoms with van der Waals surface area (Å²) in [4.78, 5) is 26.3. The van der Waals surface area contributed by atoms with Gasteiger partial charge in [-0.3, -0.25) is 4.79 Å². The van der Waals surface area contributed by atoms with Gasteiger partial charge in [0.05, 0.1) is 19.1 Å². The quantitative estimate of drug-likeness (QED) is 0.818. The van der Waals surface area contributed by atoms with E-state index in [2.05, 4.69) is 0 Å². The second-order valence-electron chi connectivity index (χ2n) is 5.25. The van der Waals surface area contributed by atoms with Gasteiger partial charge in [-0.05, 0) is 52.9 Å². The number of rotatable bonds is 3. The van der Waals surface area contributed by atoms with Gasteiger partial charge in [-0.1, -0.05) is 6.07 Å². The van der Waals surface area contributed by atoms with Crippen LogP contribution in [0.1, 0.15) is 27.9 Å². The minimum Gasteiger partial charge on any atom is -0.465 e. The zero-order valence-corrected chi connectivity index (χ0v) is 13.2. The van der Waals surface area contributed by atoms with Crippen molar-refractivity contribution in [1.29, 1.82) is 0 Å². The Labute approximate surface area is 133 Å². The number of carbonyl (C=O) groups is 2. The molecule has 1 aliphatic rings. The molecule has 4 nitrogen and oxygen atoms in total. The predicted molar refractivity (Wildman–Crippen MR) is 86.5 cm³/mol. The molecule has 2 heterocycles. The minimum absolute atomic E-state index is 0.0707. The smallest absolute Gasteiger partial charge is 0.338 e. The zero-order valence-electron chi connectivity index (χ0n) is 12.4. The third-order valence-electron chi connectivity index (χ3n) is 3.89. The normalized spacial score (nSPS) is 13.6. The van der Waals surface area contributed by atoms with Gasteiger partial charge in [-0.2, -0.15) is 11.3 Å². The SMILES string of the molecule is COC(=O)c1cccc2c1CCCN2C(=O)Cc1ccsc1. The highest BCUT2D eigenvalue weighted by molar-refractivity contribution is 7.08. The number of benzene rings is 1. The highest BCUT2D eigenvalue weighted by Crippen LogP contribution is 2.31. The lowest BCUT2D eigenvalue weighted by Crippen LogP contribution is -2.37.